The lowest BCUT2D eigenvalue weighted by atomic mass is 10.3. The van der Waals surface area contributed by atoms with Gasteiger partial charge in [-0.15, -0.1) is 0 Å². The third-order valence-electron chi connectivity index (χ3n) is 2.12. The number of furan rings is 1. The molecule has 2 aromatic heterocycles. The second-order valence-corrected chi connectivity index (χ2v) is 4.44. The number of aryl methyl sites for hydroxylation is 1. The normalized spacial score (nSPS) is 10.4. The van der Waals surface area contributed by atoms with Crippen LogP contribution in [0.15, 0.2) is 46.0 Å². The molecule has 17 heavy (non-hydrogen) atoms. The summed E-state index contributed by atoms with van der Waals surface area (Å²) in [5.41, 5.74) is 1.02. The van der Waals surface area contributed by atoms with Crippen molar-refractivity contribution < 1.29 is 14.3 Å². The number of carboxylic acids is 1. The Labute approximate surface area is 103 Å². The topological polar surface area (TPSA) is 63.3 Å². The maximum absolute atomic E-state index is 10.6. The highest BCUT2D eigenvalue weighted by atomic mass is 32.2. The van der Waals surface area contributed by atoms with Crippen molar-refractivity contribution >= 4 is 17.7 Å². The van der Waals surface area contributed by atoms with Crippen LogP contribution < -0.4 is 0 Å². The highest BCUT2D eigenvalue weighted by Crippen LogP contribution is 2.21. The Morgan fingerprint density at radius 2 is 2.24 bits per heavy atom. The van der Waals surface area contributed by atoms with Gasteiger partial charge in [0.15, 0.2) is 5.09 Å². The minimum atomic E-state index is -1.04. The van der Waals surface area contributed by atoms with Gasteiger partial charge in [0.1, 0.15) is 0 Å². The average molecular weight is 249 g/mol. The molecule has 0 bridgehead atoms. The SMILES string of the molecule is O=C(O)c1ccc(SCCc2ccccn2)o1. The lowest BCUT2D eigenvalue weighted by Gasteiger charge is -1.98. The van der Waals surface area contributed by atoms with Crippen molar-refractivity contribution in [2.75, 3.05) is 5.75 Å². The van der Waals surface area contributed by atoms with Crippen LogP contribution in [0.1, 0.15) is 16.2 Å². The van der Waals surface area contributed by atoms with E-state index in [0.717, 1.165) is 17.9 Å². The fourth-order valence-corrected chi connectivity index (χ4v) is 2.14. The van der Waals surface area contributed by atoms with E-state index in [2.05, 4.69) is 4.98 Å². The molecule has 88 valence electrons. The van der Waals surface area contributed by atoms with Crippen molar-refractivity contribution in [3.05, 3.63) is 48.0 Å². The van der Waals surface area contributed by atoms with Crippen LogP contribution >= 0.6 is 11.8 Å². The van der Waals surface area contributed by atoms with Crippen LogP contribution in [-0.4, -0.2) is 21.8 Å². The molecule has 0 aromatic carbocycles. The Kier molecular flexibility index (Phi) is 3.82. The third-order valence-corrected chi connectivity index (χ3v) is 3.03. The van der Waals surface area contributed by atoms with E-state index >= 15 is 0 Å². The summed E-state index contributed by atoms with van der Waals surface area (Å²) in [7, 11) is 0. The fourth-order valence-electron chi connectivity index (χ4n) is 1.31. The Bertz CT molecular complexity index is 495. The first kappa shape index (κ1) is 11.7. The number of aromatic carboxylic acids is 1. The monoisotopic (exact) mass is 249 g/mol. The van der Waals surface area contributed by atoms with Gasteiger partial charge in [-0.2, -0.15) is 0 Å². The van der Waals surface area contributed by atoms with Crippen LogP contribution in [0.3, 0.4) is 0 Å². The highest BCUT2D eigenvalue weighted by molar-refractivity contribution is 7.99. The van der Waals surface area contributed by atoms with Crippen LogP contribution in [0.25, 0.3) is 0 Å². The van der Waals surface area contributed by atoms with Crippen LogP contribution in [-0.2, 0) is 6.42 Å². The molecule has 4 nitrogen and oxygen atoms in total. The zero-order chi connectivity index (χ0) is 12.1. The maximum atomic E-state index is 10.6. The van der Waals surface area contributed by atoms with Gasteiger partial charge in [-0.25, -0.2) is 4.79 Å². The third kappa shape index (κ3) is 3.35. The van der Waals surface area contributed by atoms with Gasteiger partial charge >= 0.3 is 5.97 Å². The number of hydrogen-bond acceptors (Lipinski definition) is 4. The lowest BCUT2D eigenvalue weighted by molar-refractivity contribution is 0.0656. The van der Waals surface area contributed by atoms with E-state index in [-0.39, 0.29) is 5.76 Å². The molecule has 0 unspecified atom stereocenters. The molecular formula is C12H11NO3S. The molecule has 0 spiro atoms. The lowest BCUT2D eigenvalue weighted by Crippen LogP contribution is -1.92. The van der Waals surface area contributed by atoms with Crippen molar-refractivity contribution in [3.8, 4) is 0 Å². The van der Waals surface area contributed by atoms with Crippen LogP contribution in [0.2, 0.25) is 0 Å². The first-order valence-corrected chi connectivity index (χ1v) is 6.10. The van der Waals surface area contributed by atoms with Gasteiger partial charge in [0.25, 0.3) is 0 Å². The van der Waals surface area contributed by atoms with E-state index in [1.54, 1.807) is 12.3 Å². The molecule has 0 fully saturated rings. The summed E-state index contributed by atoms with van der Waals surface area (Å²) in [6.45, 7) is 0. The molecular weight excluding hydrogens is 238 g/mol. The van der Waals surface area contributed by atoms with E-state index in [1.807, 2.05) is 18.2 Å². The Hall–Kier alpha value is -1.75. The molecule has 0 saturated heterocycles. The molecule has 2 rings (SSSR count). The molecule has 0 aliphatic rings. The fraction of sp³-hybridized carbons (Fsp3) is 0.167. The van der Waals surface area contributed by atoms with Gasteiger partial charge in [-0.1, -0.05) is 17.8 Å². The molecule has 1 N–H and O–H groups in total. The standard InChI is InChI=1S/C12H11NO3S/c14-12(15)10-4-5-11(16-10)17-8-6-9-3-1-2-7-13-9/h1-5,7H,6,8H2,(H,14,15). The molecule has 0 amide bonds. The zero-order valence-electron chi connectivity index (χ0n) is 9.00. The summed E-state index contributed by atoms with van der Waals surface area (Å²) >= 11 is 1.48. The molecule has 5 heteroatoms. The van der Waals surface area contributed by atoms with Crippen molar-refractivity contribution in [1.29, 1.82) is 0 Å². The van der Waals surface area contributed by atoms with Gasteiger partial charge in [0.2, 0.25) is 5.76 Å². The van der Waals surface area contributed by atoms with Crippen LogP contribution in [0.4, 0.5) is 0 Å². The van der Waals surface area contributed by atoms with Gasteiger partial charge in [0, 0.05) is 17.6 Å². The van der Waals surface area contributed by atoms with Gasteiger partial charge in [0.05, 0.1) is 0 Å². The van der Waals surface area contributed by atoms with E-state index in [4.69, 9.17) is 9.52 Å². The average Bonchev–Trinajstić information content (AvgIpc) is 2.79. The molecule has 0 radical (unpaired) electrons. The summed E-state index contributed by atoms with van der Waals surface area (Å²) in [5.74, 6) is -0.254. The first-order valence-electron chi connectivity index (χ1n) is 5.11. The highest BCUT2D eigenvalue weighted by Gasteiger charge is 2.08. The number of carbonyl (C=O) groups is 1. The zero-order valence-corrected chi connectivity index (χ0v) is 9.81. The summed E-state index contributed by atoms with van der Waals surface area (Å²) in [6, 6.07) is 8.92. The van der Waals surface area contributed by atoms with Gasteiger partial charge in [-0.05, 0) is 30.7 Å². The van der Waals surface area contributed by atoms with E-state index in [0.29, 0.717) is 5.09 Å². The quantitative estimate of drug-likeness (QED) is 0.825. The number of nitrogens with zero attached hydrogens (tertiary/aromatic N) is 1. The van der Waals surface area contributed by atoms with Crippen molar-refractivity contribution in [3.63, 3.8) is 0 Å². The van der Waals surface area contributed by atoms with Gasteiger partial charge < -0.3 is 9.52 Å². The largest absolute Gasteiger partial charge is 0.475 e. The number of rotatable bonds is 5. The van der Waals surface area contributed by atoms with Crippen molar-refractivity contribution in [2.24, 2.45) is 0 Å². The van der Waals surface area contributed by atoms with Gasteiger partial charge in [-0.3, -0.25) is 4.98 Å². The maximum Gasteiger partial charge on any atom is 0.371 e. The summed E-state index contributed by atoms with van der Waals surface area (Å²) < 4.78 is 5.13. The van der Waals surface area contributed by atoms with Crippen LogP contribution in [0.5, 0.6) is 0 Å². The Balaban J connectivity index is 1.84. The number of carboxylic acid groups (broad SMARTS) is 1. The van der Waals surface area contributed by atoms with Crippen molar-refractivity contribution in [2.45, 2.75) is 11.5 Å². The van der Waals surface area contributed by atoms with E-state index in [1.165, 1.54) is 17.8 Å². The molecule has 0 atom stereocenters. The molecule has 2 aromatic rings. The van der Waals surface area contributed by atoms with E-state index < -0.39 is 5.97 Å². The molecule has 2 heterocycles. The number of hydrogen-bond donors (Lipinski definition) is 1. The predicted molar refractivity (Wildman–Crippen MR) is 64.3 cm³/mol. The smallest absolute Gasteiger partial charge is 0.371 e. The second kappa shape index (κ2) is 5.54. The van der Waals surface area contributed by atoms with Crippen molar-refractivity contribution in [1.82, 2.24) is 4.98 Å². The number of thioether (sulfide) groups is 1. The Morgan fingerprint density at radius 1 is 1.35 bits per heavy atom. The summed E-state index contributed by atoms with van der Waals surface area (Å²) in [5, 5.41) is 9.31. The second-order valence-electron chi connectivity index (χ2n) is 3.34. The number of pyridine rings is 1. The minimum absolute atomic E-state index is 0.0228. The van der Waals surface area contributed by atoms with E-state index in [9.17, 15) is 4.79 Å². The number of aromatic nitrogens is 1. The minimum Gasteiger partial charge on any atom is -0.475 e. The first-order chi connectivity index (χ1) is 8.25. The molecule has 0 aliphatic heterocycles. The Morgan fingerprint density at radius 3 is 2.88 bits per heavy atom. The molecule has 0 saturated carbocycles. The summed E-state index contributed by atoms with van der Waals surface area (Å²) in [4.78, 5) is 14.8. The molecule has 0 aliphatic carbocycles. The summed E-state index contributed by atoms with van der Waals surface area (Å²) in [6.07, 6.45) is 2.59. The predicted octanol–water partition coefficient (Wildman–Crippen LogP) is 2.71. The van der Waals surface area contributed by atoms with Crippen LogP contribution in [0, 0.1) is 0 Å².